The van der Waals surface area contributed by atoms with Gasteiger partial charge in [-0.2, -0.15) is 0 Å². The number of fused-ring (bicyclic) bond motifs is 1. The van der Waals surface area contributed by atoms with E-state index in [4.69, 9.17) is 5.11 Å². The van der Waals surface area contributed by atoms with Crippen molar-refractivity contribution >= 4 is 11.6 Å². The molecule has 1 aliphatic rings. The van der Waals surface area contributed by atoms with E-state index in [-0.39, 0.29) is 18.4 Å². The predicted octanol–water partition coefficient (Wildman–Crippen LogP) is 1.82. The van der Waals surface area contributed by atoms with E-state index in [2.05, 4.69) is 5.32 Å². The molecule has 104 valence electrons. The van der Waals surface area contributed by atoms with Crippen LogP contribution in [0.1, 0.15) is 30.7 Å². The maximum absolute atomic E-state index is 12.4. The summed E-state index contributed by atoms with van der Waals surface area (Å²) in [5.41, 5.74) is 2.18. The van der Waals surface area contributed by atoms with Gasteiger partial charge in [0, 0.05) is 32.4 Å². The summed E-state index contributed by atoms with van der Waals surface area (Å²) in [5.74, 6) is 0.125. The van der Waals surface area contributed by atoms with Crippen LogP contribution in [0.25, 0.3) is 0 Å². The first-order valence-electron chi connectivity index (χ1n) is 6.92. The van der Waals surface area contributed by atoms with Gasteiger partial charge in [-0.3, -0.25) is 4.79 Å². The van der Waals surface area contributed by atoms with Crippen LogP contribution in [-0.2, 0) is 4.79 Å². The Bertz CT molecular complexity index is 434. The first-order chi connectivity index (χ1) is 9.24. The van der Waals surface area contributed by atoms with Crippen molar-refractivity contribution in [3.05, 3.63) is 29.8 Å². The maximum Gasteiger partial charge on any atom is 0.231 e. The third kappa shape index (κ3) is 3.26. The Morgan fingerprint density at radius 1 is 1.37 bits per heavy atom. The highest BCUT2D eigenvalue weighted by Crippen LogP contribution is 2.32. The fourth-order valence-corrected chi connectivity index (χ4v) is 2.52. The first-order valence-corrected chi connectivity index (χ1v) is 6.92. The number of amides is 1. The molecule has 1 amide bonds. The normalized spacial score (nSPS) is 16.8. The fraction of sp³-hybridized carbons (Fsp3) is 0.533. The number of carbonyl (C=O) groups is 1. The quantitative estimate of drug-likeness (QED) is 0.769. The monoisotopic (exact) mass is 262 g/mol. The lowest BCUT2D eigenvalue weighted by atomic mass is 10.00. The van der Waals surface area contributed by atoms with Crippen LogP contribution < -0.4 is 5.32 Å². The van der Waals surface area contributed by atoms with Crippen molar-refractivity contribution in [2.45, 2.75) is 25.2 Å². The number of hydrogen-bond donors (Lipinski definition) is 2. The molecule has 2 N–H and O–H groups in total. The first kappa shape index (κ1) is 13.9. The second-order valence-corrected chi connectivity index (χ2v) is 5.06. The molecule has 0 saturated carbocycles. The summed E-state index contributed by atoms with van der Waals surface area (Å²) in [4.78, 5) is 14.2. The minimum Gasteiger partial charge on any atom is -0.396 e. The highest BCUT2D eigenvalue weighted by molar-refractivity contribution is 5.88. The van der Waals surface area contributed by atoms with Crippen LogP contribution in [0.2, 0.25) is 0 Å². The summed E-state index contributed by atoms with van der Waals surface area (Å²) in [5, 5.41) is 12.0. The summed E-state index contributed by atoms with van der Waals surface area (Å²) < 4.78 is 0. The van der Waals surface area contributed by atoms with Crippen molar-refractivity contribution < 1.29 is 9.90 Å². The Hall–Kier alpha value is -1.55. The van der Waals surface area contributed by atoms with Crippen LogP contribution >= 0.6 is 0 Å². The van der Waals surface area contributed by atoms with Gasteiger partial charge in [0.05, 0.1) is 5.92 Å². The lowest BCUT2D eigenvalue weighted by Gasteiger charge is -2.21. The van der Waals surface area contributed by atoms with Crippen LogP contribution in [0.5, 0.6) is 0 Å². The van der Waals surface area contributed by atoms with Gasteiger partial charge in [-0.25, -0.2) is 0 Å². The molecule has 19 heavy (non-hydrogen) atoms. The predicted molar refractivity (Wildman–Crippen MR) is 76.2 cm³/mol. The van der Waals surface area contributed by atoms with E-state index in [1.807, 2.05) is 36.2 Å². The zero-order valence-electron chi connectivity index (χ0n) is 11.4. The number of likely N-dealkylation sites (N-methyl/N-ethyl adjacent to an activating group) is 1. The zero-order chi connectivity index (χ0) is 13.7. The Balaban J connectivity index is 1.90. The second-order valence-electron chi connectivity index (χ2n) is 5.06. The number of nitrogens with one attached hydrogen (secondary N) is 1. The van der Waals surface area contributed by atoms with E-state index in [9.17, 15) is 4.79 Å². The molecule has 0 saturated heterocycles. The average molecular weight is 262 g/mol. The molecule has 0 bridgehead atoms. The number of unbranched alkanes of at least 4 members (excludes halogenated alkanes) is 2. The number of rotatable bonds is 6. The van der Waals surface area contributed by atoms with Crippen molar-refractivity contribution in [1.82, 2.24) is 4.90 Å². The molecule has 0 fully saturated rings. The van der Waals surface area contributed by atoms with Gasteiger partial charge in [-0.1, -0.05) is 18.2 Å². The molecule has 0 aromatic heterocycles. The fourth-order valence-electron chi connectivity index (χ4n) is 2.52. The van der Waals surface area contributed by atoms with Crippen LogP contribution in [0.15, 0.2) is 24.3 Å². The van der Waals surface area contributed by atoms with Crippen molar-refractivity contribution in [3.63, 3.8) is 0 Å². The topological polar surface area (TPSA) is 52.6 Å². The number of hydrogen-bond acceptors (Lipinski definition) is 3. The molecule has 1 heterocycles. The van der Waals surface area contributed by atoms with Gasteiger partial charge in [-0.05, 0) is 30.9 Å². The van der Waals surface area contributed by atoms with E-state index in [1.54, 1.807) is 0 Å². The van der Waals surface area contributed by atoms with E-state index < -0.39 is 0 Å². The standard InChI is InChI=1S/C15H22N2O2/c1-17(9-5-2-6-10-18)15(19)13-11-16-14-8-4-3-7-12(13)14/h3-4,7-8,13,16,18H,2,5-6,9-11H2,1H3. The molecule has 2 rings (SSSR count). The smallest absolute Gasteiger partial charge is 0.231 e. The molecule has 0 spiro atoms. The number of aliphatic hydroxyl groups is 1. The number of aliphatic hydroxyl groups excluding tert-OH is 1. The van der Waals surface area contributed by atoms with Gasteiger partial charge in [0.15, 0.2) is 0 Å². The molecule has 0 radical (unpaired) electrons. The highest BCUT2D eigenvalue weighted by Gasteiger charge is 2.29. The number of nitrogens with zero attached hydrogens (tertiary/aromatic N) is 1. The molecule has 4 nitrogen and oxygen atoms in total. The molecular weight excluding hydrogens is 240 g/mol. The molecule has 1 atom stereocenters. The van der Waals surface area contributed by atoms with E-state index in [0.29, 0.717) is 6.54 Å². The third-order valence-corrected chi connectivity index (χ3v) is 3.66. The van der Waals surface area contributed by atoms with Crippen LogP contribution in [0, 0.1) is 0 Å². The van der Waals surface area contributed by atoms with E-state index in [1.165, 1.54) is 0 Å². The second kappa shape index (κ2) is 6.57. The maximum atomic E-state index is 12.4. The highest BCUT2D eigenvalue weighted by atomic mass is 16.2. The minimum atomic E-state index is -0.0564. The Morgan fingerprint density at radius 3 is 2.95 bits per heavy atom. The van der Waals surface area contributed by atoms with Crippen LogP contribution in [-0.4, -0.2) is 42.7 Å². The van der Waals surface area contributed by atoms with Gasteiger partial charge in [-0.15, -0.1) is 0 Å². The Kier molecular flexibility index (Phi) is 4.80. The minimum absolute atomic E-state index is 0.0564. The summed E-state index contributed by atoms with van der Waals surface area (Å²) in [6.07, 6.45) is 2.73. The number of carbonyl (C=O) groups excluding carboxylic acids is 1. The van der Waals surface area contributed by atoms with Gasteiger partial charge in [0.25, 0.3) is 0 Å². The molecule has 4 heteroatoms. The van der Waals surface area contributed by atoms with Crippen LogP contribution in [0.4, 0.5) is 5.69 Å². The summed E-state index contributed by atoms with van der Waals surface area (Å²) in [7, 11) is 1.86. The molecule has 1 unspecified atom stereocenters. The molecule has 0 aliphatic carbocycles. The molecule has 1 aliphatic heterocycles. The Morgan fingerprint density at radius 2 is 2.16 bits per heavy atom. The molecule has 1 aromatic rings. The van der Waals surface area contributed by atoms with Gasteiger partial charge in [0.2, 0.25) is 5.91 Å². The third-order valence-electron chi connectivity index (χ3n) is 3.66. The number of anilines is 1. The zero-order valence-corrected chi connectivity index (χ0v) is 11.4. The largest absolute Gasteiger partial charge is 0.396 e. The van der Waals surface area contributed by atoms with E-state index >= 15 is 0 Å². The molecular formula is C15H22N2O2. The van der Waals surface area contributed by atoms with Crippen molar-refractivity contribution in [1.29, 1.82) is 0 Å². The summed E-state index contributed by atoms with van der Waals surface area (Å²) in [6.45, 7) is 1.69. The van der Waals surface area contributed by atoms with E-state index in [0.717, 1.165) is 37.1 Å². The average Bonchev–Trinajstić information content (AvgIpc) is 2.86. The van der Waals surface area contributed by atoms with Crippen molar-refractivity contribution in [2.24, 2.45) is 0 Å². The van der Waals surface area contributed by atoms with Gasteiger partial charge < -0.3 is 15.3 Å². The summed E-state index contributed by atoms with van der Waals surface area (Å²) >= 11 is 0. The lowest BCUT2D eigenvalue weighted by Crippen LogP contribution is -2.33. The molecule has 1 aromatic carbocycles. The van der Waals surface area contributed by atoms with Crippen molar-refractivity contribution in [3.8, 4) is 0 Å². The Labute approximate surface area is 114 Å². The number of benzene rings is 1. The SMILES string of the molecule is CN(CCCCCO)C(=O)C1CNc2ccccc21. The van der Waals surface area contributed by atoms with Gasteiger partial charge in [0.1, 0.15) is 0 Å². The lowest BCUT2D eigenvalue weighted by molar-refractivity contribution is -0.131. The van der Waals surface area contributed by atoms with Gasteiger partial charge >= 0.3 is 0 Å². The summed E-state index contributed by atoms with van der Waals surface area (Å²) in [6, 6.07) is 8.01. The van der Waals surface area contributed by atoms with Crippen molar-refractivity contribution in [2.75, 3.05) is 32.1 Å². The van der Waals surface area contributed by atoms with Crippen LogP contribution in [0.3, 0.4) is 0 Å². The number of para-hydroxylation sites is 1.